The molecule has 1 aliphatic rings. The molecule has 0 saturated carbocycles. The molecule has 1 saturated heterocycles. The van der Waals surface area contributed by atoms with E-state index in [0.29, 0.717) is 31.1 Å². The van der Waals surface area contributed by atoms with Crippen molar-refractivity contribution in [1.29, 1.82) is 0 Å². The third kappa shape index (κ3) is 8.44. The molecule has 0 unspecified atom stereocenters. The van der Waals surface area contributed by atoms with Crippen LogP contribution < -0.4 is 5.32 Å². The molecule has 1 fully saturated rings. The van der Waals surface area contributed by atoms with Crippen LogP contribution in [0, 0.1) is 16.0 Å². The first-order chi connectivity index (χ1) is 14.6. The molecule has 1 N–H and O–H groups in total. The van der Waals surface area contributed by atoms with Crippen LogP contribution in [0.5, 0.6) is 0 Å². The fraction of sp³-hybridized carbons (Fsp3) is 0.636. The molecular weight excluding hydrogens is 525 g/mol. The van der Waals surface area contributed by atoms with Crippen LogP contribution >= 0.6 is 24.0 Å². The predicted molar refractivity (Wildman–Crippen MR) is 136 cm³/mol. The van der Waals surface area contributed by atoms with E-state index in [1.54, 1.807) is 30.1 Å². The summed E-state index contributed by atoms with van der Waals surface area (Å²) in [5.74, 6) is 1.13. The van der Waals surface area contributed by atoms with E-state index < -0.39 is 5.60 Å². The lowest BCUT2D eigenvalue weighted by molar-refractivity contribution is -0.385. The number of nitro groups is 1. The van der Waals surface area contributed by atoms with Gasteiger partial charge in [0.1, 0.15) is 5.60 Å². The van der Waals surface area contributed by atoms with Gasteiger partial charge in [0, 0.05) is 51.4 Å². The van der Waals surface area contributed by atoms with Crippen LogP contribution in [0.15, 0.2) is 29.3 Å². The highest BCUT2D eigenvalue weighted by atomic mass is 127. The quantitative estimate of drug-likeness (QED) is 0.183. The summed E-state index contributed by atoms with van der Waals surface area (Å²) in [6.45, 7) is 10.9. The van der Waals surface area contributed by atoms with Gasteiger partial charge < -0.3 is 19.9 Å². The molecule has 0 aromatic heterocycles. The number of rotatable bonds is 6. The van der Waals surface area contributed by atoms with Crippen molar-refractivity contribution < 1.29 is 14.5 Å². The first-order valence-corrected chi connectivity index (χ1v) is 10.8. The number of nitro benzene ring substituents is 1. The molecule has 1 amide bonds. The number of para-hydroxylation sites is 1. The Bertz CT molecular complexity index is 789. The highest BCUT2D eigenvalue weighted by Gasteiger charge is 2.27. The lowest BCUT2D eigenvalue weighted by Crippen LogP contribution is -2.47. The van der Waals surface area contributed by atoms with E-state index in [4.69, 9.17) is 4.74 Å². The van der Waals surface area contributed by atoms with Gasteiger partial charge in [-0.1, -0.05) is 18.2 Å². The summed E-state index contributed by atoms with van der Waals surface area (Å²) in [6, 6.07) is 6.72. The minimum Gasteiger partial charge on any atom is -0.444 e. The molecule has 32 heavy (non-hydrogen) atoms. The minimum absolute atomic E-state index is 0. The first kappa shape index (κ1) is 27.9. The summed E-state index contributed by atoms with van der Waals surface area (Å²) in [6.07, 6.45) is 1.61. The van der Waals surface area contributed by atoms with Gasteiger partial charge >= 0.3 is 6.09 Å². The van der Waals surface area contributed by atoms with Crippen LogP contribution in [-0.2, 0) is 11.3 Å². The Kier molecular flexibility index (Phi) is 11.2. The molecule has 0 aliphatic carbocycles. The van der Waals surface area contributed by atoms with Crippen molar-refractivity contribution in [3.8, 4) is 0 Å². The minimum atomic E-state index is -0.500. The standard InChI is InChI=1S/C22H35N5O4.HI/c1-6-25(21(28)31-22(2,3)4)16-17-11-13-26(14-12-17)20(23-5)24-15-18-9-7-8-10-19(18)27(29)30;/h7-10,17H,6,11-16H2,1-5H3,(H,23,24);1H. The normalized spacial score (nSPS) is 15.0. The van der Waals surface area contributed by atoms with Crippen LogP contribution in [0.4, 0.5) is 10.5 Å². The van der Waals surface area contributed by atoms with Crippen molar-refractivity contribution >= 4 is 41.7 Å². The van der Waals surface area contributed by atoms with Crippen molar-refractivity contribution in [2.24, 2.45) is 10.9 Å². The number of halogens is 1. The number of carbonyl (C=O) groups excluding carboxylic acids is 1. The second-order valence-corrected chi connectivity index (χ2v) is 8.74. The number of hydrogen-bond acceptors (Lipinski definition) is 5. The summed E-state index contributed by atoms with van der Waals surface area (Å²) < 4.78 is 5.51. The number of aliphatic imine (C=N–C) groups is 1. The maximum Gasteiger partial charge on any atom is 0.410 e. The Morgan fingerprint density at radius 1 is 1.31 bits per heavy atom. The number of piperidine rings is 1. The van der Waals surface area contributed by atoms with Gasteiger partial charge in [-0.25, -0.2) is 4.79 Å². The maximum absolute atomic E-state index is 12.4. The van der Waals surface area contributed by atoms with Gasteiger partial charge in [0.05, 0.1) is 4.92 Å². The van der Waals surface area contributed by atoms with E-state index in [1.807, 2.05) is 27.7 Å². The van der Waals surface area contributed by atoms with E-state index in [9.17, 15) is 14.9 Å². The van der Waals surface area contributed by atoms with E-state index in [1.165, 1.54) is 6.07 Å². The lowest BCUT2D eigenvalue weighted by atomic mass is 9.96. The van der Waals surface area contributed by atoms with Crippen molar-refractivity contribution in [2.75, 3.05) is 33.2 Å². The summed E-state index contributed by atoms with van der Waals surface area (Å²) in [5, 5.41) is 14.5. The number of likely N-dealkylation sites (tertiary alicyclic amines) is 1. The zero-order valence-electron chi connectivity index (χ0n) is 19.7. The largest absolute Gasteiger partial charge is 0.444 e. The second kappa shape index (κ2) is 12.8. The number of hydrogen-bond donors (Lipinski definition) is 1. The van der Waals surface area contributed by atoms with E-state index in [-0.39, 0.29) is 40.7 Å². The topological polar surface area (TPSA) is 100 Å². The van der Waals surface area contributed by atoms with Crippen molar-refractivity contribution in [3.63, 3.8) is 0 Å². The van der Waals surface area contributed by atoms with Gasteiger partial charge in [0.2, 0.25) is 0 Å². The van der Waals surface area contributed by atoms with Crippen LogP contribution in [0.3, 0.4) is 0 Å². The van der Waals surface area contributed by atoms with Crippen LogP contribution in [0.25, 0.3) is 0 Å². The Balaban J connectivity index is 0.00000512. The molecule has 9 nitrogen and oxygen atoms in total. The number of carbonyl (C=O) groups is 1. The molecule has 1 aliphatic heterocycles. The summed E-state index contributed by atoms with van der Waals surface area (Å²) in [7, 11) is 1.72. The second-order valence-electron chi connectivity index (χ2n) is 8.74. The summed E-state index contributed by atoms with van der Waals surface area (Å²) >= 11 is 0. The Morgan fingerprint density at radius 2 is 1.94 bits per heavy atom. The predicted octanol–water partition coefficient (Wildman–Crippen LogP) is 4.26. The van der Waals surface area contributed by atoms with Gasteiger partial charge in [-0.05, 0) is 46.5 Å². The number of ether oxygens (including phenoxy) is 1. The zero-order valence-corrected chi connectivity index (χ0v) is 22.0. The Morgan fingerprint density at radius 3 is 2.47 bits per heavy atom. The van der Waals surface area contributed by atoms with E-state index in [2.05, 4.69) is 15.2 Å². The van der Waals surface area contributed by atoms with Gasteiger partial charge in [0.25, 0.3) is 5.69 Å². The van der Waals surface area contributed by atoms with Gasteiger partial charge in [0.15, 0.2) is 5.96 Å². The molecule has 10 heteroatoms. The number of amides is 1. The number of guanidine groups is 1. The van der Waals surface area contributed by atoms with Crippen LogP contribution in [-0.4, -0.2) is 65.6 Å². The number of nitrogens with zero attached hydrogens (tertiary/aromatic N) is 4. The summed E-state index contributed by atoms with van der Waals surface area (Å²) in [5.41, 5.74) is 0.227. The summed E-state index contributed by atoms with van der Waals surface area (Å²) in [4.78, 5) is 31.5. The van der Waals surface area contributed by atoms with Crippen LogP contribution in [0.2, 0.25) is 0 Å². The highest BCUT2D eigenvalue weighted by molar-refractivity contribution is 14.0. The third-order valence-electron chi connectivity index (χ3n) is 5.26. The average Bonchev–Trinajstić information content (AvgIpc) is 2.72. The van der Waals surface area contributed by atoms with E-state index >= 15 is 0 Å². The molecule has 1 heterocycles. The molecule has 0 spiro atoms. The van der Waals surface area contributed by atoms with Crippen molar-refractivity contribution in [1.82, 2.24) is 15.1 Å². The Hall–Kier alpha value is -2.11. The van der Waals surface area contributed by atoms with Crippen molar-refractivity contribution in [3.05, 3.63) is 39.9 Å². The van der Waals surface area contributed by atoms with Gasteiger partial charge in [-0.15, -0.1) is 24.0 Å². The fourth-order valence-electron chi connectivity index (χ4n) is 3.64. The third-order valence-corrected chi connectivity index (χ3v) is 5.26. The number of nitrogens with one attached hydrogen (secondary N) is 1. The Labute approximate surface area is 207 Å². The molecule has 0 bridgehead atoms. The number of benzene rings is 1. The monoisotopic (exact) mass is 561 g/mol. The fourth-order valence-corrected chi connectivity index (χ4v) is 3.64. The smallest absolute Gasteiger partial charge is 0.410 e. The molecular formula is C22H36IN5O4. The molecule has 1 aromatic carbocycles. The molecule has 1 aromatic rings. The van der Waals surface area contributed by atoms with Gasteiger partial charge in [-0.2, -0.15) is 0 Å². The van der Waals surface area contributed by atoms with Gasteiger partial charge in [-0.3, -0.25) is 15.1 Å². The molecule has 0 radical (unpaired) electrons. The lowest BCUT2D eigenvalue weighted by Gasteiger charge is -2.36. The average molecular weight is 561 g/mol. The molecule has 180 valence electrons. The highest BCUT2D eigenvalue weighted by Crippen LogP contribution is 2.21. The SMILES string of the molecule is CCN(CC1CCN(C(=NC)NCc2ccccc2[N+](=O)[O-])CC1)C(=O)OC(C)(C)C.I. The first-order valence-electron chi connectivity index (χ1n) is 10.8. The van der Waals surface area contributed by atoms with E-state index in [0.717, 1.165) is 31.9 Å². The molecule has 0 atom stereocenters. The maximum atomic E-state index is 12.4. The van der Waals surface area contributed by atoms with Crippen LogP contribution in [0.1, 0.15) is 46.1 Å². The molecule has 2 rings (SSSR count). The van der Waals surface area contributed by atoms with Crippen molar-refractivity contribution in [2.45, 2.75) is 52.7 Å². The zero-order chi connectivity index (χ0) is 23.0.